The molecule has 0 saturated carbocycles. The first-order chi connectivity index (χ1) is 8.58. The van der Waals surface area contributed by atoms with Gasteiger partial charge in [-0.15, -0.1) is 10.2 Å². The molecule has 2 rings (SSSR count). The molecule has 7 heteroatoms. The molecule has 0 spiro atoms. The highest BCUT2D eigenvalue weighted by Crippen LogP contribution is 2.19. The van der Waals surface area contributed by atoms with Gasteiger partial charge in [-0.3, -0.25) is 9.78 Å². The molecule has 6 nitrogen and oxygen atoms in total. The fourth-order valence-corrected chi connectivity index (χ4v) is 2.10. The van der Waals surface area contributed by atoms with Crippen molar-refractivity contribution in [2.24, 2.45) is 0 Å². The van der Waals surface area contributed by atoms with Crippen molar-refractivity contribution in [3.05, 3.63) is 34.6 Å². The van der Waals surface area contributed by atoms with Crippen LogP contribution >= 0.6 is 11.3 Å². The van der Waals surface area contributed by atoms with Crippen molar-refractivity contribution in [2.45, 2.75) is 19.9 Å². The number of nitrogens with one attached hydrogen (secondary N) is 1. The summed E-state index contributed by atoms with van der Waals surface area (Å²) in [5.74, 6) is -0.156. The molecule has 0 radical (unpaired) electrons. The van der Waals surface area contributed by atoms with Gasteiger partial charge in [-0.05, 0) is 25.5 Å². The third-order valence-corrected chi connectivity index (χ3v) is 3.37. The fraction of sp³-hybridized carbons (Fsp3) is 0.273. The van der Waals surface area contributed by atoms with Crippen LogP contribution in [0.5, 0.6) is 0 Å². The molecule has 0 aliphatic rings. The molecule has 3 N–H and O–H groups in total. The van der Waals surface area contributed by atoms with Gasteiger partial charge >= 0.3 is 0 Å². The molecule has 18 heavy (non-hydrogen) atoms. The number of nitrogens with zero attached hydrogens (tertiary/aromatic N) is 3. The molecular weight excluding hydrogens is 250 g/mol. The maximum absolute atomic E-state index is 12.0. The van der Waals surface area contributed by atoms with E-state index in [-0.39, 0.29) is 11.9 Å². The first kappa shape index (κ1) is 12.4. The quantitative estimate of drug-likeness (QED) is 0.870. The minimum atomic E-state index is -0.222. The van der Waals surface area contributed by atoms with Crippen LogP contribution in [0.1, 0.15) is 33.9 Å². The van der Waals surface area contributed by atoms with Gasteiger partial charge in [-0.2, -0.15) is 0 Å². The van der Waals surface area contributed by atoms with E-state index in [1.165, 1.54) is 11.3 Å². The second kappa shape index (κ2) is 5.09. The highest BCUT2D eigenvalue weighted by Gasteiger charge is 2.16. The molecule has 0 aliphatic carbocycles. The van der Waals surface area contributed by atoms with Crippen molar-refractivity contribution in [1.29, 1.82) is 0 Å². The maximum Gasteiger partial charge on any atom is 0.252 e. The molecule has 0 aromatic carbocycles. The van der Waals surface area contributed by atoms with E-state index >= 15 is 0 Å². The maximum atomic E-state index is 12.0. The summed E-state index contributed by atoms with van der Waals surface area (Å²) in [7, 11) is 0. The normalized spacial score (nSPS) is 12.1. The summed E-state index contributed by atoms with van der Waals surface area (Å²) < 4.78 is 0. The third kappa shape index (κ3) is 2.62. The van der Waals surface area contributed by atoms with Gasteiger partial charge in [0.25, 0.3) is 5.91 Å². The SMILES string of the molecule is Cc1cnccc1C(=O)N[C@@H](C)c1nnc(N)s1. The van der Waals surface area contributed by atoms with Gasteiger partial charge in [0.1, 0.15) is 5.01 Å². The molecule has 0 saturated heterocycles. The predicted molar refractivity (Wildman–Crippen MR) is 69.2 cm³/mol. The Hall–Kier alpha value is -2.02. The summed E-state index contributed by atoms with van der Waals surface area (Å²) in [4.78, 5) is 16.0. The summed E-state index contributed by atoms with van der Waals surface area (Å²) in [5, 5.41) is 11.6. The van der Waals surface area contributed by atoms with Crippen LogP contribution in [0.4, 0.5) is 5.13 Å². The fourth-order valence-electron chi connectivity index (χ4n) is 1.49. The molecule has 94 valence electrons. The molecule has 0 fully saturated rings. The van der Waals surface area contributed by atoms with Gasteiger partial charge in [-0.25, -0.2) is 0 Å². The molecule has 0 unspecified atom stereocenters. The number of carbonyl (C=O) groups is 1. The van der Waals surface area contributed by atoms with Crippen molar-refractivity contribution in [3.8, 4) is 0 Å². The summed E-state index contributed by atoms with van der Waals surface area (Å²) in [5.41, 5.74) is 6.94. The Morgan fingerprint density at radius 3 is 2.89 bits per heavy atom. The number of amides is 1. The van der Waals surface area contributed by atoms with Crippen LogP contribution in [0.2, 0.25) is 0 Å². The van der Waals surface area contributed by atoms with Crippen LogP contribution in [-0.4, -0.2) is 21.1 Å². The summed E-state index contributed by atoms with van der Waals surface area (Å²) in [6, 6.07) is 1.46. The van der Waals surface area contributed by atoms with E-state index in [2.05, 4.69) is 20.5 Å². The molecule has 2 aromatic heterocycles. The number of anilines is 1. The van der Waals surface area contributed by atoms with Crippen LogP contribution in [0, 0.1) is 6.92 Å². The number of hydrogen-bond acceptors (Lipinski definition) is 6. The minimum Gasteiger partial charge on any atom is -0.374 e. The first-order valence-electron chi connectivity index (χ1n) is 5.38. The van der Waals surface area contributed by atoms with Crippen LogP contribution in [0.3, 0.4) is 0 Å². The van der Waals surface area contributed by atoms with Gasteiger partial charge in [0, 0.05) is 18.0 Å². The minimum absolute atomic E-state index is 0.156. The van der Waals surface area contributed by atoms with Crippen LogP contribution < -0.4 is 11.1 Å². The van der Waals surface area contributed by atoms with E-state index in [1.807, 2.05) is 13.8 Å². The average Bonchev–Trinajstić information content (AvgIpc) is 2.76. The van der Waals surface area contributed by atoms with E-state index in [1.54, 1.807) is 18.5 Å². The predicted octanol–water partition coefficient (Wildman–Crippen LogP) is 1.31. The van der Waals surface area contributed by atoms with Gasteiger partial charge in [-0.1, -0.05) is 11.3 Å². The van der Waals surface area contributed by atoms with E-state index < -0.39 is 0 Å². The second-order valence-electron chi connectivity index (χ2n) is 3.86. The number of nitrogen functional groups attached to an aromatic ring is 1. The summed E-state index contributed by atoms with van der Waals surface area (Å²) >= 11 is 1.27. The van der Waals surface area contributed by atoms with E-state index in [0.717, 1.165) is 5.56 Å². The van der Waals surface area contributed by atoms with Crippen molar-refractivity contribution in [1.82, 2.24) is 20.5 Å². The Morgan fingerprint density at radius 1 is 1.50 bits per heavy atom. The lowest BCUT2D eigenvalue weighted by Gasteiger charge is -2.11. The van der Waals surface area contributed by atoms with Crippen molar-refractivity contribution in [2.75, 3.05) is 5.73 Å². The number of pyridine rings is 1. The Kier molecular flexibility index (Phi) is 3.52. The van der Waals surface area contributed by atoms with Crippen molar-refractivity contribution < 1.29 is 4.79 Å². The number of carbonyl (C=O) groups excluding carboxylic acids is 1. The number of hydrogen-bond donors (Lipinski definition) is 2. The van der Waals surface area contributed by atoms with Gasteiger partial charge < -0.3 is 11.1 Å². The molecule has 0 aliphatic heterocycles. The van der Waals surface area contributed by atoms with Gasteiger partial charge in [0.2, 0.25) is 5.13 Å². The van der Waals surface area contributed by atoms with Crippen molar-refractivity contribution >= 4 is 22.4 Å². The highest BCUT2D eigenvalue weighted by molar-refractivity contribution is 7.15. The second-order valence-corrected chi connectivity index (χ2v) is 4.90. The molecular formula is C11H13N5OS. The largest absolute Gasteiger partial charge is 0.374 e. The topological polar surface area (TPSA) is 93.8 Å². The molecule has 2 heterocycles. The number of rotatable bonds is 3. The summed E-state index contributed by atoms with van der Waals surface area (Å²) in [6.45, 7) is 3.68. The molecule has 0 bridgehead atoms. The molecule has 1 atom stereocenters. The van der Waals surface area contributed by atoms with Crippen LogP contribution in [-0.2, 0) is 0 Å². The van der Waals surface area contributed by atoms with E-state index in [9.17, 15) is 4.79 Å². The molecule has 1 amide bonds. The Morgan fingerprint density at radius 2 is 2.28 bits per heavy atom. The van der Waals surface area contributed by atoms with E-state index in [4.69, 9.17) is 5.73 Å². The zero-order valence-electron chi connectivity index (χ0n) is 10.0. The van der Waals surface area contributed by atoms with E-state index in [0.29, 0.717) is 15.7 Å². The lowest BCUT2D eigenvalue weighted by atomic mass is 10.1. The Bertz CT molecular complexity index is 568. The monoisotopic (exact) mass is 263 g/mol. The lowest BCUT2D eigenvalue weighted by molar-refractivity contribution is 0.0939. The number of nitrogens with two attached hydrogens (primary N) is 1. The first-order valence-corrected chi connectivity index (χ1v) is 6.20. The average molecular weight is 263 g/mol. The zero-order chi connectivity index (χ0) is 13.1. The third-order valence-electron chi connectivity index (χ3n) is 2.44. The number of aromatic nitrogens is 3. The molecule has 2 aromatic rings. The van der Waals surface area contributed by atoms with Gasteiger partial charge in [0.15, 0.2) is 0 Å². The van der Waals surface area contributed by atoms with Crippen LogP contribution in [0.15, 0.2) is 18.5 Å². The summed E-state index contributed by atoms with van der Waals surface area (Å²) in [6.07, 6.45) is 3.25. The Labute approximate surface area is 108 Å². The van der Waals surface area contributed by atoms with Gasteiger partial charge in [0.05, 0.1) is 6.04 Å². The number of aryl methyl sites for hydroxylation is 1. The standard InChI is InChI=1S/C11H13N5OS/c1-6-5-13-4-3-8(6)9(17)14-7(2)10-15-16-11(12)18-10/h3-5,7H,1-2H3,(H2,12,16)(H,14,17)/t7-/m0/s1. The highest BCUT2D eigenvalue weighted by atomic mass is 32.1. The Balaban J connectivity index is 2.10. The smallest absolute Gasteiger partial charge is 0.252 e. The zero-order valence-corrected chi connectivity index (χ0v) is 10.9. The van der Waals surface area contributed by atoms with Crippen molar-refractivity contribution in [3.63, 3.8) is 0 Å². The lowest BCUT2D eigenvalue weighted by Crippen LogP contribution is -2.27. The van der Waals surface area contributed by atoms with Crippen LogP contribution in [0.25, 0.3) is 0 Å².